The van der Waals surface area contributed by atoms with Gasteiger partial charge in [-0.3, -0.25) is 4.79 Å². The topological polar surface area (TPSA) is 65.7 Å². The molecule has 0 bridgehead atoms. The molecule has 0 aliphatic rings. The van der Waals surface area contributed by atoms with Crippen LogP contribution >= 0.6 is 47.8 Å². The number of aryl methyl sites for hydroxylation is 1. The molecule has 9 heteroatoms. The fourth-order valence-electron chi connectivity index (χ4n) is 2.97. The van der Waals surface area contributed by atoms with E-state index in [4.69, 9.17) is 9.47 Å². The second kappa shape index (κ2) is 10.3. The Hall–Kier alpha value is -1.71. The predicted octanol–water partition coefficient (Wildman–Crippen LogP) is 6.31. The summed E-state index contributed by atoms with van der Waals surface area (Å²) in [7, 11) is 0. The average Bonchev–Trinajstić information content (AvgIpc) is 2.73. The van der Waals surface area contributed by atoms with Crippen LogP contribution in [0.2, 0.25) is 0 Å². The third-order valence-electron chi connectivity index (χ3n) is 4.31. The zero-order valence-electron chi connectivity index (χ0n) is 17.6. The molecule has 1 aromatic heterocycles. The maximum Gasteiger partial charge on any atom is 0.282 e. The molecule has 0 N–H and O–H groups in total. The molecule has 0 unspecified atom stereocenters. The lowest BCUT2D eigenvalue weighted by molar-refractivity contribution is 0.222. The highest BCUT2D eigenvalue weighted by Crippen LogP contribution is 2.43. The molecule has 0 saturated carbocycles. The smallest absolute Gasteiger partial charge is 0.282 e. The van der Waals surface area contributed by atoms with Gasteiger partial charge in [-0.1, -0.05) is 22.9 Å². The zero-order chi connectivity index (χ0) is 22.7. The van der Waals surface area contributed by atoms with Crippen molar-refractivity contribution in [2.24, 2.45) is 5.10 Å². The highest BCUT2D eigenvalue weighted by molar-refractivity contribution is 9.13. The minimum Gasteiger partial charge on any atom is -0.490 e. The monoisotopic (exact) mass is 613 g/mol. The van der Waals surface area contributed by atoms with E-state index in [1.807, 2.05) is 45.9 Å². The van der Waals surface area contributed by atoms with E-state index in [0.717, 1.165) is 19.0 Å². The Morgan fingerprint density at radius 3 is 2.55 bits per heavy atom. The summed E-state index contributed by atoms with van der Waals surface area (Å²) in [5.74, 6) is 1.79. The molecule has 0 radical (unpaired) electrons. The van der Waals surface area contributed by atoms with Gasteiger partial charge in [0, 0.05) is 20.9 Å². The van der Waals surface area contributed by atoms with E-state index in [1.165, 1.54) is 4.68 Å². The number of hydrogen-bond acceptors (Lipinski definition) is 5. The Balaban J connectivity index is 2.14. The van der Waals surface area contributed by atoms with E-state index in [2.05, 4.69) is 57.9 Å². The van der Waals surface area contributed by atoms with Crippen LogP contribution in [0, 0.1) is 0 Å². The van der Waals surface area contributed by atoms with E-state index >= 15 is 0 Å². The van der Waals surface area contributed by atoms with Crippen molar-refractivity contribution in [1.82, 2.24) is 9.66 Å². The quantitative estimate of drug-likeness (QED) is 0.292. The van der Waals surface area contributed by atoms with E-state index < -0.39 is 0 Å². The first kappa shape index (κ1) is 23.9. The minimum absolute atomic E-state index is 0.0180. The van der Waals surface area contributed by atoms with Crippen molar-refractivity contribution in [1.29, 1.82) is 0 Å². The molecule has 2 aromatic carbocycles. The maximum absolute atomic E-state index is 13.1. The molecule has 3 rings (SSSR count). The molecule has 0 spiro atoms. The first-order chi connectivity index (χ1) is 14.8. The summed E-state index contributed by atoms with van der Waals surface area (Å²) in [5, 5.41) is 4.97. The van der Waals surface area contributed by atoms with E-state index in [0.29, 0.717) is 41.3 Å². The minimum atomic E-state index is -0.223. The Morgan fingerprint density at radius 1 is 1.16 bits per heavy atom. The maximum atomic E-state index is 13.1. The zero-order valence-corrected chi connectivity index (χ0v) is 22.3. The number of nitrogens with zero attached hydrogens (tertiary/aromatic N) is 3. The molecule has 31 heavy (non-hydrogen) atoms. The second-order valence-corrected chi connectivity index (χ2v) is 9.43. The van der Waals surface area contributed by atoms with Gasteiger partial charge in [-0.2, -0.15) is 9.78 Å². The number of rotatable bonds is 7. The van der Waals surface area contributed by atoms with Crippen molar-refractivity contribution in [3.8, 4) is 11.5 Å². The third kappa shape index (κ3) is 5.21. The molecular weight excluding hydrogens is 594 g/mol. The fourth-order valence-corrected chi connectivity index (χ4v) is 4.25. The summed E-state index contributed by atoms with van der Waals surface area (Å²) in [5.41, 5.74) is 1.16. The normalized spacial score (nSPS) is 11.6. The number of hydrogen-bond donors (Lipinski definition) is 0. The lowest BCUT2D eigenvalue weighted by Crippen LogP contribution is -2.22. The van der Waals surface area contributed by atoms with Gasteiger partial charge in [-0.15, -0.1) is 0 Å². The standard InChI is InChI=1S/C22H22Br3N3O3/c1-5-18-27-16-8-7-14(23)10-15(16)22(29)28(18)26-11-13-9-17(30-6-2)21(31-12(3)4)20(25)19(13)24/h7-12H,5-6H2,1-4H3. The van der Waals surface area contributed by atoms with Crippen LogP contribution in [0.4, 0.5) is 0 Å². The number of fused-ring (bicyclic) bond motifs is 1. The molecule has 0 fully saturated rings. The lowest BCUT2D eigenvalue weighted by atomic mass is 10.2. The highest BCUT2D eigenvalue weighted by Gasteiger charge is 2.18. The summed E-state index contributed by atoms with van der Waals surface area (Å²) in [6.07, 6.45) is 2.16. The number of ether oxygens (including phenoxy) is 2. The first-order valence-electron chi connectivity index (χ1n) is 9.83. The highest BCUT2D eigenvalue weighted by atomic mass is 79.9. The van der Waals surface area contributed by atoms with Crippen LogP contribution in [0.25, 0.3) is 10.9 Å². The summed E-state index contributed by atoms with van der Waals surface area (Å²) in [4.78, 5) is 17.7. The van der Waals surface area contributed by atoms with Crippen molar-refractivity contribution in [2.45, 2.75) is 40.2 Å². The van der Waals surface area contributed by atoms with Crippen molar-refractivity contribution in [3.05, 3.63) is 59.4 Å². The lowest BCUT2D eigenvalue weighted by Gasteiger charge is -2.18. The van der Waals surface area contributed by atoms with Crippen LogP contribution in [0.1, 0.15) is 39.1 Å². The van der Waals surface area contributed by atoms with Crippen LogP contribution in [-0.4, -0.2) is 28.6 Å². The van der Waals surface area contributed by atoms with Crippen molar-refractivity contribution in [3.63, 3.8) is 0 Å². The Morgan fingerprint density at radius 2 is 1.90 bits per heavy atom. The molecular formula is C22H22Br3N3O3. The van der Waals surface area contributed by atoms with Gasteiger partial charge in [0.2, 0.25) is 0 Å². The molecule has 164 valence electrons. The molecule has 3 aromatic rings. The molecule has 0 atom stereocenters. The second-order valence-electron chi connectivity index (χ2n) is 6.93. The molecule has 0 amide bonds. The molecule has 1 heterocycles. The largest absolute Gasteiger partial charge is 0.490 e. The van der Waals surface area contributed by atoms with Gasteiger partial charge in [0.1, 0.15) is 5.82 Å². The third-order valence-corrected chi connectivity index (χ3v) is 6.95. The summed E-state index contributed by atoms with van der Waals surface area (Å²) in [6.45, 7) is 8.25. The fraction of sp³-hybridized carbons (Fsp3) is 0.318. The van der Waals surface area contributed by atoms with Gasteiger partial charge in [-0.05, 0) is 76.9 Å². The van der Waals surface area contributed by atoms with Gasteiger partial charge in [0.25, 0.3) is 5.56 Å². The van der Waals surface area contributed by atoms with Crippen molar-refractivity contribution in [2.75, 3.05) is 6.61 Å². The van der Waals surface area contributed by atoms with Crippen LogP contribution in [0.5, 0.6) is 11.5 Å². The SMILES string of the molecule is CCOc1cc(C=Nn2c(CC)nc3ccc(Br)cc3c2=O)c(Br)c(Br)c1OC(C)C. The van der Waals surface area contributed by atoms with E-state index in [1.54, 1.807) is 12.3 Å². The van der Waals surface area contributed by atoms with Gasteiger partial charge in [-0.25, -0.2) is 4.98 Å². The van der Waals surface area contributed by atoms with Crippen LogP contribution in [0.15, 0.2) is 47.6 Å². The Labute approximate surface area is 206 Å². The molecule has 6 nitrogen and oxygen atoms in total. The number of aromatic nitrogens is 2. The van der Waals surface area contributed by atoms with Crippen molar-refractivity contribution >= 4 is 64.9 Å². The van der Waals surface area contributed by atoms with Crippen LogP contribution in [0.3, 0.4) is 0 Å². The Bertz CT molecular complexity index is 1210. The summed E-state index contributed by atoms with van der Waals surface area (Å²) < 4.78 is 15.3. The van der Waals surface area contributed by atoms with Crippen LogP contribution in [-0.2, 0) is 6.42 Å². The average molecular weight is 616 g/mol. The van der Waals surface area contributed by atoms with Crippen molar-refractivity contribution < 1.29 is 9.47 Å². The van der Waals surface area contributed by atoms with Gasteiger partial charge >= 0.3 is 0 Å². The van der Waals surface area contributed by atoms with Gasteiger partial charge in [0.15, 0.2) is 11.5 Å². The first-order valence-corrected chi connectivity index (χ1v) is 12.2. The van der Waals surface area contributed by atoms with Gasteiger partial charge in [0.05, 0.1) is 34.3 Å². The molecule has 0 aliphatic heterocycles. The number of halogens is 3. The van der Waals surface area contributed by atoms with Gasteiger partial charge < -0.3 is 9.47 Å². The summed E-state index contributed by atoms with van der Waals surface area (Å²) in [6, 6.07) is 7.28. The number of benzene rings is 2. The van der Waals surface area contributed by atoms with Crippen LogP contribution < -0.4 is 15.0 Å². The Kier molecular flexibility index (Phi) is 7.93. The molecule has 0 aliphatic carbocycles. The van der Waals surface area contributed by atoms with E-state index in [-0.39, 0.29) is 11.7 Å². The summed E-state index contributed by atoms with van der Waals surface area (Å²) >= 11 is 10.6. The molecule has 0 saturated heterocycles. The van der Waals surface area contributed by atoms with E-state index in [9.17, 15) is 4.79 Å². The predicted molar refractivity (Wildman–Crippen MR) is 135 cm³/mol.